The standard InChI is InChI=1S/C14H18Cl2N2O2/c15-11-6-9(17)7-12(16)14(11)18-13(19)8-20-10-4-2-1-3-5-10/h6-7,10H,1-5,8,17H2,(H,18,19). The number of halogens is 2. The van der Waals surface area contributed by atoms with Crippen LogP contribution in [0.15, 0.2) is 12.1 Å². The molecule has 1 aliphatic carbocycles. The zero-order valence-corrected chi connectivity index (χ0v) is 12.6. The molecule has 0 radical (unpaired) electrons. The van der Waals surface area contributed by atoms with Crippen LogP contribution in [-0.4, -0.2) is 18.6 Å². The van der Waals surface area contributed by atoms with E-state index in [0.717, 1.165) is 12.8 Å². The minimum Gasteiger partial charge on any atom is -0.399 e. The van der Waals surface area contributed by atoms with Crippen molar-refractivity contribution in [2.45, 2.75) is 38.2 Å². The first kappa shape index (κ1) is 15.4. The molecule has 0 bridgehead atoms. The van der Waals surface area contributed by atoms with Gasteiger partial charge < -0.3 is 15.8 Å². The summed E-state index contributed by atoms with van der Waals surface area (Å²) in [4.78, 5) is 11.9. The van der Waals surface area contributed by atoms with Gasteiger partial charge in [-0.05, 0) is 25.0 Å². The average molecular weight is 317 g/mol. The topological polar surface area (TPSA) is 64.3 Å². The number of carbonyl (C=O) groups is 1. The van der Waals surface area contributed by atoms with E-state index in [-0.39, 0.29) is 18.6 Å². The molecule has 1 saturated carbocycles. The number of benzene rings is 1. The van der Waals surface area contributed by atoms with Gasteiger partial charge >= 0.3 is 0 Å². The van der Waals surface area contributed by atoms with Gasteiger partial charge in [0.05, 0.1) is 21.8 Å². The number of carbonyl (C=O) groups excluding carboxylic acids is 1. The van der Waals surface area contributed by atoms with Crippen molar-refractivity contribution in [3.8, 4) is 0 Å². The maximum absolute atomic E-state index is 11.9. The Morgan fingerprint density at radius 1 is 1.25 bits per heavy atom. The molecule has 0 aromatic heterocycles. The molecular weight excluding hydrogens is 299 g/mol. The van der Waals surface area contributed by atoms with Crippen LogP contribution in [0.1, 0.15) is 32.1 Å². The van der Waals surface area contributed by atoms with Crippen molar-refractivity contribution in [2.75, 3.05) is 17.7 Å². The Kier molecular flexibility index (Phi) is 5.52. The molecule has 1 fully saturated rings. The van der Waals surface area contributed by atoms with E-state index in [1.807, 2.05) is 0 Å². The summed E-state index contributed by atoms with van der Waals surface area (Å²) in [5, 5.41) is 3.30. The van der Waals surface area contributed by atoms with E-state index < -0.39 is 0 Å². The van der Waals surface area contributed by atoms with Gasteiger partial charge in [-0.1, -0.05) is 42.5 Å². The molecule has 0 aliphatic heterocycles. The number of nitrogen functional groups attached to an aromatic ring is 1. The van der Waals surface area contributed by atoms with E-state index in [0.29, 0.717) is 21.4 Å². The average Bonchev–Trinajstić information content (AvgIpc) is 2.42. The van der Waals surface area contributed by atoms with Gasteiger partial charge in [0.25, 0.3) is 0 Å². The second-order valence-electron chi connectivity index (χ2n) is 4.98. The van der Waals surface area contributed by atoms with Gasteiger partial charge in [-0.2, -0.15) is 0 Å². The summed E-state index contributed by atoms with van der Waals surface area (Å²) in [5.41, 5.74) is 6.44. The highest BCUT2D eigenvalue weighted by Gasteiger charge is 2.16. The van der Waals surface area contributed by atoms with Crippen LogP contribution >= 0.6 is 23.2 Å². The predicted octanol–water partition coefficient (Wildman–Crippen LogP) is 3.86. The monoisotopic (exact) mass is 316 g/mol. The van der Waals surface area contributed by atoms with E-state index in [9.17, 15) is 4.79 Å². The first-order valence-corrected chi connectivity index (χ1v) is 7.48. The molecule has 1 aromatic carbocycles. The summed E-state index contributed by atoms with van der Waals surface area (Å²) < 4.78 is 5.60. The minimum atomic E-state index is -0.260. The molecule has 20 heavy (non-hydrogen) atoms. The Balaban J connectivity index is 1.88. The Labute approximate surface area is 128 Å². The van der Waals surface area contributed by atoms with Gasteiger partial charge in [0, 0.05) is 5.69 Å². The summed E-state index contributed by atoms with van der Waals surface area (Å²) in [5.74, 6) is -0.260. The predicted molar refractivity (Wildman–Crippen MR) is 82.3 cm³/mol. The van der Waals surface area contributed by atoms with Crippen LogP contribution in [-0.2, 0) is 9.53 Å². The number of ether oxygens (including phenoxy) is 1. The number of nitrogens with two attached hydrogens (primary N) is 1. The lowest BCUT2D eigenvalue weighted by atomic mass is 9.98. The molecule has 1 aliphatic rings. The number of anilines is 2. The fourth-order valence-electron chi connectivity index (χ4n) is 2.31. The second kappa shape index (κ2) is 7.16. The lowest BCUT2D eigenvalue weighted by Crippen LogP contribution is -2.25. The summed E-state index contributed by atoms with van der Waals surface area (Å²) >= 11 is 12.0. The lowest BCUT2D eigenvalue weighted by molar-refractivity contribution is -0.123. The van der Waals surface area contributed by atoms with Crippen molar-refractivity contribution >= 4 is 40.5 Å². The summed E-state index contributed by atoms with van der Waals surface area (Å²) in [6, 6.07) is 3.09. The van der Waals surface area contributed by atoms with Crippen LogP contribution in [0.5, 0.6) is 0 Å². The van der Waals surface area contributed by atoms with Gasteiger partial charge in [-0.25, -0.2) is 0 Å². The first-order chi connectivity index (χ1) is 9.56. The molecular formula is C14H18Cl2N2O2. The van der Waals surface area contributed by atoms with Crippen molar-refractivity contribution in [1.82, 2.24) is 0 Å². The highest BCUT2D eigenvalue weighted by atomic mass is 35.5. The Hall–Kier alpha value is -0.970. The Bertz CT molecular complexity index is 465. The van der Waals surface area contributed by atoms with Gasteiger partial charge in [0.1, 0.15) is 6.61 Å². The molecule has 0 spiro atoms. The molecule has 0 saturated heterocycles. The molecule has 6 heteroatoms. The highest BCUT2D eigenvalue weighted by molar-refractivity contribution is 6.40. The number of hydrogen-bond donors (Lipinski definition) is 2. The lowest BCUT2D eigenvalue weighted by Gasteiger charge is -2.21. The number of amides is 1. The third-order valence-electron chi connectivity index (χ3n) is 3.33. The van der Waals surface area contributed by atoms with E-state index >= 15 is 0 Å². The highest BCUT2D eigenvalue weighted by Crippen LogP contribution is 2.32. The van der Waals surface area contributed by atoms with E-state index in [2.05, 4.69) is 5.32 Å². The van der Waals surface area contributed by atoms with E-state index in [1.54, 1.807) is 12.1 Å². The molecule has 110 valence electrons. The molecule has 0 heterocycles. The van der Waals surface area contributed by atoms with Crippen molar-refractivity contribution in [2.24, 2.45) is 0 Å². The second-order valence-corrected chi connectivity index (χ2v) is 5.79. The smallest absolute Gasteiger partial charge is 0.250 e. The number of hydrogen-bond acceptors (Lipinski definition) is 3. The van der Waals surface area contributed by atoms with Crippen LogP contribution in [0, 0.1) is 0 Å². The number of rotatable bonds is 4. The maximum atomic E-state index is 11.9. The fourth-order valence-corrected chi connectivity index (χ4v) is 2.91. The first-order valence-electron chi connectivity index (χ1n) is 6.72. The van der Waals surface area contributed by atoms with Crippen LogP contribution in [0.25, 0.3) is 0 Å². The van der Waals surface area contributed by atoms with Crippen LogP contribution in [0.3, 0.4) is 0 Å². The van der Waals surface area contributed by atoms with Crippen molar-refractivity contribution in [3.63, 3.8) is 0 Å². The summed E-state index contributed by atoms with van der Waals surface area (Å²) in [6.45, 7) is 0.0156. The largest absolute Gasteiger partial charge is 0.399 e. The molecule has 1 amide bonds. The van der Waals surface area contributed by atoms with Crippen molar-refractivity contribution < 1.29 is 9.53 Å². The van der Waals surface area contributed by atoms with Crippen molar-refractivity contribution in [3.05, 3.63) is 22.2 Å². The Morgan fingerprint density at radius 3 is 2.45 bits per heavy atom. The van der Waals surface area contributed by atoms with E-state index in [4.69, 9.17) is 33.7 Å². The number of nitrogens with one attached hydrogen (secondary N) is 1. The van der Waals surface area contributed by atoms with Gasteiger partial charge in [-0.15, -0.1) is 0 Å². The fraction of sp³-hybridized carbons (Fsp3) is 0.500. The van der Waals surface area contributed by atoms with Crippen molar-refractivity contribution in [1.29, 1.82) is 0 Å². The van der Waals surface area contributed by atoms with Gasteiger partial charge in [0.15, 0.2) is 0 Å². The van der Waals surface area contributed by atoms with Gasteiger partial charge in [-0.3, -0.25) is 4.79 Å². The van der Waals surface area contributed by atoms with Crippen LogP contribution < -0.4 is 11.1 Å². The van der Waals surface area contributed by atoms with Crippen LogP contribution in [0.2, 0.25) is 10.0 Å². The quantitative estimate of drug-likeness (QED) is 0.829. The Morgan fingerprint density at radius 2 is 1.85 bits per heavy atom. The molecule has 2 rings (SSSR count). The molecule has 0 unspecified atom stereocenters. The summed E-state index contributed by atoms with van der Waals surface area (Å²) in [7, 11) is 0. The third-order valence-corrected chi connectivity index (χ3v) is 3.93. The molecule has 0 atom stereocenters. The maximum Gasteiger partial charge on any atom is 0.250 e. The minimum absolute atomic E-state index is 0.0156. The molecule has 3 N–H and O–H groups in total. The normalized spacial score (nSPS) is 16.1. The zero-order valence-electron chi connectivity index (χ0n) is 11.1. The molecule has 4 nitrogen and oxygen atoms in total. The SMILES string of the molecule is Nc1cc(Cl)c(NC(=O)COC2CCCCC2)c(Cl)c1. The molecule has 1 aromatic rings. The van der Waals surface area contributed by atoms with Crippen LogP contribution in [0.4, 0.5) is 11.4 Å². The van der Waals surface area contributed by atoms with E-state index in [1.165, 1.54) is 19.3 Å². The zero-order chi connectivity index (χ0) is 14.5. The third kappa shape index (κ3) is 4.27. The van der Waals surface area contributed by atoms with Gasteiger partial charge in [0.2, 0.25) is 5.91 Å². The summed E-state index contributed by atoms with van der Waals surface area (Å²) in [6.07, 6.45) is 5.83.